The summed E-state index contributed by atoms with van der Waals surface area (Å²) < 4.78 is 12.3. The summed E-state index contributed by atoms with van der Waals surface area (Å²) in [6.45, 7) is 1.94. The van der Waals surface area contributed by atoms with Crippen LogP contribution < -0.4 is 0 Å². The van der Waals surface area contributed by atoms with Crippen LogP contribution in [0.4, 0.5) is 4.39 Å². The molecule has 0 fully saturated rings. The van der Waals surface area contributed by atoms with Crippen molar-refractivity contribution in [1.29, 1.82) is 0 Å². The van der Waals surface area contributed by atoms with Crippen molar-refractivity contribution in [2.45, 2.75) is 13.3 Å². The number of hydrogen-bond acceptors (Lipinski definition) is 1. The molecule has 1 aromatic rings. The van der Waals surface area contributed by atoms with Crippen molar-refractivity contribution >= 4 is 0 Å². The SMILES string of the molecule is CCc1[c]ncc(F)c1. The van der Waals surface area contributed by atoms with Crippen molar-refractivity contribution in [3.05, 3.63) is 29.8 Å². The van der Waals surface area contributed by atoms with Gasteiger partial charge in [0.15, 0.2) is 0 Å². The fraction of sp³-hybridized carbons (Fsp3) is 0.286. The Labute approximate surface area is 53.5 Å². The predicted octanol–water partition coefficient (Wildman–Crippen LogP) is 1.58. The summed E-state index contributed by atoms with van der Waals surface area (Å²) in [6, 6.07) is 1.44. The van der Waals surface area contributed by atoms with Gasteiger partial charge < -0.3 is 0 Å². The first kappa shape index (κ1) is 6.20. The number of pyridine rings is 1. The number of aryl methyl sites for hydroxylation is 1. The van der Waals surface area contributed by atoms with E-state index in [1.807, 2.05) is 6.92 Å². The maximum absolute atomic E-state index is 12.3. The van der Waals surface area contributed by atoms with E-state index in [0.29, 0.717) is 0 Å². The second-order valence-corrected chi connectivity index (χ2v) is 1.78. The highest BCUT2D eigenvalue weighted by atomic mass is 19.1. The molecular weight excluding hydrogens is 117 g/mol. The molecule has 0 N–H and O–H groups in total. The average molecular weight is 124 g/mol. The molecule has 0 aliphatic carbocycles. The smallest absolute Gasteiger partial charge is 0.141 e. The standard InChI is InChI=1S/C7H7FN/c1-2-6-3-7(8)5-9-4-6/h3,5H,2H2,1H3. The van der Waals surface area contributed by atoms with Crippen LogP contribution in [-0.2, 0) is 6.42 Å². The highest BCUT2D eigenvalue weighted by Crippen LogP contribution is 1.99. The van der Waals surface area contributed by atoms with Gasteiger partial charge in [-0.05, 0) is 18.1 Å². The van der Waals surface area contributed by atoms with E-state index in [1.165, 1.54) is 6.07 Å². The Morgan fingerprint density at radius 3 is 3.00 bits per heavy atom. The van der Waals surface area contributed by atoms with Gasteiger partial charge in [0.1, 0.15) is 5.82 Å². The Bertz CT molecular complexity index is 198. The van der Waals surface area contributed by atoms with E-state index in [1.54, 1.807) is 0 Å². The van der Waals surface area contributed by atoms with E-state index in [2.05, 4.69) is 11.2 Å². The summed E-state index contributed by atoms with van der Waals surface area (Å²) in [7, 11) is 0. The maximum Gasteiger partial charge on any atom is 0.141 e. The molecule has 0 bridgehead atoms. The Morgan fingerprint density at radius 1 is 1.78 bits per heavy atom. The Balaban J connectivity index is 2.94. The van der Waals surface area contributed by atoms with E-state index < -0.39 is 0 Å². The quantitative estimate of drug-likeness (QED) is 0.554. The van der Waals surface area contributed by atoms with Crippen molar-refractivity contribution in [2.75, 3.05) is 0 Å². The van der Waals surface area contributed by atoms with E-state index >= 15 is 0 Å². The van der Waals surface area contributed by atoms with Gasteiger partial charge in [-0.15, -0.1) is 0 Å². The molecule has 0 saturated carbocycles. The number of hydrogen-bond donors (Lipinski definition) is 0. The second-order valence-electron chi connectivity index (χ2n) is 1.78. The third-order valence-electron chi connectivity index (χ3n) is 1.09. The molecule has 2 heteroatoms. The molecule has 0 saturated heterocycles. The van der Waals surface area contributed by atoms with Crippen LogP contribution in [0.3, 0.4) is 0 Å². The molecule has 1 radical (unpaired) electrons. The van der Waals surface area contributed by atoms with Crippen LogP contribution in [0, 0.1) is 12.0 Å². The highest BCUT2D eigenvalue weighted by Gasteiger charge is 1.91. The van der Waals surface area contributed by atoms with Crippen molar-refractivity contribution in [1.82, 2.24) is 4.98 Å². The number of nitrogens with zero attached hydrogens (tertiary/aromatic N) is 1. The van der Waals surface area contributed by atoms with E-state index in [-0.39, 0.29) is 5.82 Å². The summed E-state index contributed by atoms with van der Waals surface area (Å²) in [5.41, 5.74) is 0.815. The van der Waals surface area contributed by atoms with Gasteiger partial charge in [-0.1, -0.05) is 6.92 Å². The fourth-order valence-corrected chi connectivity index (χ4v) is 0.594. The van der Waals surface area contributed by atoms with Crippen LogP contribution >= 0.6 is 0 Å². The normalized spacial score (nSPS) is 9.56. The zero-order valence-corrected chi connectivity index (χ0v) is 5.19. The van der Waals surface area contributed by atoms with E-state index in [0.717, 1.165) is 18.2 Å². The van der Waals surface area contributed by atoms with Gasteiger partial charge in [-0.25, -0.2) is 4.39 Å². The predicted molar refractivity (Wildman–Crippen MR) is 32.4 cm³/mol. The topological polar surface area (TPSA) is 12.9 Å². The first-order chi connectivity index (χ1) is 4.33. The molecule has 0 spiro atoms. The monoisotopic (exact) mass is 124 g/mol. The van der Waals surface area contributed by atoms with E-state index in [4.69, 9.17) is 0 Å². The average Bonchev–Trinajstić information content (AvgIpc) is 1.88. The molecular formula is C7H7FN. The van der Waals surface area contributed by atoms with Gasteiger partial charge in [0.05, 0.1) is 12.4 Å². The summed E-state index contributed by atoms with van der Waals surface area (Å²) >= 11 is 0. The largest absolute Gasteiger partial charge is 0.251 e. The zero-order chi connectivity index (χ0) is 6.69. The third kappa shape index (κ3) is 1.49. The minimum Gasteiger partial charge on any atom is -0.251 e. The lowest BCUT2D eigenvalue weighted by Gasteiger charge is -1.90. The van der Waals surface area contributed by atoms with Gasteiger partial charge in [0.2, 0.25) is 0 Å². The van der Waals surface area contributed by atoms with Crippen molar-refractivity contribution in [2.24, 2.45) is 0 Å². The Morgan fingerprint density at radius 2 is 2.56 bits per heavy atom. The van der Waals surface area contributed by atoms with E-state index in [9.17, 15) is 4.39 Å². The molecule has 47 valence electrons. The molecule has 0 unspecified atom stereocenters. The van der Waals surface area contributed by atoms with Crippen molar-refractivity contribution < 1.29 is 4.39 Å². The van der Waals surface area contributed by atoms with Gasteiger partial charge >= 0.3 is 0 Å². The molecule has 1 rings (SSSR count). The first-order valence-electron chi connectivity index (χ1n) is 2.85. The minimum atomic E-state index is -0.286. The van der Waals surface area contributed by atoms with Gasteiger partial charge in [-0.3, -0.25) is 4.98 Å². The lowest BCUT2D eigenvalue weighted by molar-refractivity contribution is 0.618. The van der Waals surface area contributed by atoms with Crippen LogP contribution in [0.15, 0.2) is 12.3 Å². The van der Waals surface area contributed by atoms with Crippen LogP contribution in [-0.4, -0.2) is 4.98 Å². The maximum atomic E-state index is 12.3. The highest BCUT2D eigenvalue weighted by molar-refractivity contribution is 5.07. The zero-order valence-electron chi connectivity index (χ0n) is 5.19. The second kappa shape index (κ2) is 2.58. The fourth-order valence-electron chi connectivity index (χ4n) is 0.594. The summed E-state index contributed by atoms with van der Waals surface area (Å²) in [5.74, 6) is -0.286. The van der Waals surface area contributed by atoms with Crippen molar-refractivity contribution in [3.63, 3.8) is 0 Å². The molecule has 0 atom stereocenters. The summed E-state index contributed by atoms with van der Waals surface area (Å²) in [5, 5.41) is 0. The Hall–Kier alpha value is -0.920. The summed E-state index contributed by atoms with van der Waals surface area (Å²) in [6.07, 6.45) is 4.60. The lowest BCUT2D eigenvalue weighted by atomic mass is 10.2. The molecule has 0 aliphatic heterocycles. The molecule has 0 aromatic carbocycles. The number of halogens is 1. The van der Waals surface area contributed by atoms with Gasteiger partial charge in [0.25, 0.3) is 0 Å². The molecule has 1 aromatic heterocycles. The molecule has 0 aliphatic rings. The summed E-state index contributed by atoms with van der Waals surface area (Å²) in [4.78, 5) is 3.56. The van der Waals surface area contributed by atoms with Gasteiger partial charge in [-0.2, -0.15) is 0 Å². The molecule has 0 amide bonds. The first-order valence-corrected chi connectivity index (χ1v) is 2.85. The Kier molecular flexibility index (Phi) is 1.78. The van der Waals surface area contributed by atoms with Crippen LogP contribution in [0.5, 0.6) is 0 Å². The van der Waals surface area contributed by atoms with Gasteiger partial charge in [0, 0.05) is 0 Å². The third-order valence-corrected chi connectivity index (χ3v) is 1.09. The van der Waals surface area contributed by atoms with Crippen LogP contribution in [0.1, 0.15) is 12.5 Å². The van der Waals surface area contributed by atoms with Crippen LogP contribution in [0.25, 0.3) is 0 Å². The lowest BCUT2D eigenvalue weighted by Crippen LogP contribution is -1.84. The minimum absolute atomic E-state index is 0.286. The number of rotatable bonds is 1. The molecule has 1 heterocycles. The number of aromatic nitrogens is 1. The molecule has 9 heavy (non-hydrogen) atoms. The van der Waals surface area contributed by atoms with Crippen LogP contribution in [0.2, 0.25) is 0 Å². The van der Waals surface area contributed by atoms with Crippen molar-refractivity contribution in [3.8, 4) is 0 Å². The molecule has 1 nitrogen and oxygen atoms in total.